The Morgan fingerprint density at radius 2 is 2.06 bits per heavy atom. The fourth-order valence-electron chi connectivity index (χ4n) is 4.31. The lowest BCUT2D eigenvalue weighted by atomic mass is 9.92. The van der Waals surface area contributed by atoms with E-state index in [0.29, 0.717) is 51.0 Å². The second kappa shape index (κ2) is 9.79. The SMILES string of the molecule is C[C@H]1CN(c2n[nH]c3nc(N(O)[C@H]4CC[C@H](NS(=O)(=O)CCC(F)(F)F)CC4)ncc23)CCO1. The van der Waals surface area contributed by atoms with Crippen molar-refractivity contribution in [2.75, 3.05) is 35.4 Å². The van der Waals surface area contributed by atoms with Gasteiger partial charge in [0.2, 0.25) is 10.0 Å². The molecule has 0 radical (unpaired) electrons. The highest BCUT2D eigenvalue weighted by Crippen LogP contribution is 2.28. The number of nitrogens with one attached hydrogen (secondary N) is 2. The Hall–Kier alpha value is -2.23. The molecule has 0 unspecified atom stereocenters. The van der Waals surface area contributed by atoms with Gasteiger partial charge < -0.3 is 9.64 Å². The standard InChI is InChI=1S/C19H28F3N7O4S/c1-12-11-28(7-8-33-12)17-15-10-23-18(24-16(15)25-26-17)29(30)14-4-2-13(3-5-14)27-34(31,32)9-6-19(20,21)22/h10,12-14,27,30H,2-9,11H2,1H3,(H,23,24,25,26)/t12-,13-,14-/m0/s1. The molecule has 4 rings (SSSR count). The van der Waals surface area contributed by atoms with Crippen LogP contribution < -0.4 is 14.7 Å². The molecule has 2 aromatic heterocycles. The molecule has 1 saturated carbocycles. The summed E-state index contributed by atoms with van der Waals surface area (Å²) in [5.41, 5.74) is 0.476. The van der Waals surface area contributed by atoms with Crippen LogP contribution in [0.15, 0.2) is 6.20 Å². The van der Waals surface area contributed by atoms with E-state index in [0.717, 1.165) is 16.3 Å². The lowest BCUT2D eigenvalue weighted by Crippen LogP contribution is -2.44. The Bertz CT molecular complexity index is 1090. The van der Waals surface area contributed by atoms with Gasteiger partial charge in [-0.3, -0.25) is 10.3 Å². The normalized spacial score (nSPS) is 24.5. The van der Waals surface area contributed by atoms with Crippen LogP contribution >= 0.6 is 0 Å². The van der Waals surface area contributed by atoms with Crippen molar-refractivity contribution >= 4 is 32.8 Å². The van der Waals surface area contributed by atoms with Gasteiger partial charge in [-0.2, -0.15) is 23.3 Å². The number of H-pyrrole nitrogens is 1. The summed E-state index contributed by atoms with van der Waals surface area (Å²) < 4.78 is 68.7. The summed E-state index contributed by atoms with van der Waals surface area (Å²) in [6.07, 6.45) is -2.65. The van der Waals surface area contributed by atoms with Crippen molar-refractivity contribution in [1.29, 1.82) is 0 Å². The topological polar surface area (TPSA) is 137 Å². The van der Waals surface area contributed by atoms with E-state index in [4.69, 9.17) is 4.74 Å². The van der Waals surface area contributed by atoms with E-state index in [9.17, 15) is 26.8 Å². The number of morpholine rings is 1. The van der Waals surface area contributed by atoms with Gasteiger partial charge >= 0.3 is 6.18 Å². The summed E-state index contributed by atoms with van der Waals surface area (Å²) in [5.74, 6) is -0.182. The number of aromatic amines is 1. The molecule has 3 heterocycles. The van der Waals surface area contributed by atoms with Gasteiger partial charge in [-0.1, -0.05) is 0 Å². The summed E-state index contributed by atoms with van der Waals surface area (Å²) in [6, 6.07) is -0.826. The van der Waals surface area contributed by atoms with Gasteiger partial charge in [0.1, 0.15) is 0 Å². The summed E-state index contributed by atoms with van der Waals surface area (Å²) in [5, 5.41) is 19.6. The second-order valence-electron chi connectivity index (χ2n) is 8.76. The molecular weight excluding hydrogens is 479 g/mol. The van der Waals surface area contributed by atoms with Crippen molar-refractivity contribution in [1.82, 2.24) is 24.9 Å². The number of alkyl halides is 3. The van der Waals surface area contributed by atoms with Crippen LogP contribution in [0, 0.1) is 0 Å². The minimum absolute atomic E-state index is 0.0814. The Morgan fingerprint density at radius 3 is 2.74 bits per heavy atom. The maximum absolute atomic E-state index is 12.3. The first-order chi connectivity index (χ1) is 16.0. The first-order valence-corrected chi connectivity index (χ1v) is 12.8. The molecule has 3 N–H and O–H groups in total. The largest absolute Gasteiger partial charge is 0.390 e. The number of fused-ring (bicyclic) bond motifs is 1. The average molecular weight is 508 g/mol. The summed E-state index contributed by atoms with van der Waals surface area (Å²) in [6.45, 7) is 3.97. The van der Waals surface area contributed by atoms with E-state index >= 15 is 0 Å². The number of nitrogens with zero attached hydrogens (tertiary/aromatic N) is 5. The number of rotatable bonds is 7. The van der Waals surface area contributed by atoms with E-state index in [1.807, 2.05) is 6.92 Å². The monoisotopic (exact) mass is 507 g/mol. The fraction of sp³-hybridized carbons (Fsp3) is 0.737. The van der Waals surface area contributed by atoms with Gasteiger partial charge in [0.15, 0.2) is 11.5 Å². The maximum Gasteiger partial charge on any atom is 0.390 e. The molecule has 2 fully saturated rings. The molecule has 1 aliphatic heterocycles. The molecule has 1 aliphatic carbocycles. The molecule has 2 aliphatic rings. The van der Waals surface area contributed by atoms with Crippen LogP contribution in [0.2, 0.25) is 0 Å². The van der Waals surface area contributed by atoms with Gasteiger partial charge in [-0.25, -0.2) is 23.2 Å². The molecule has 34 heavy (non-hydrogen) atoms. The number of sulfonamides is 1. The Balaban J connectivity index is 1.35. The van der Waals surface area contributed by atoms with Gasteiger partial charge in [-0.05, 0) is 32.6 Å². The zero-order valence-corrected chi connectivity index (χ0v) is 19.4. The van der Waals surface area contributed by atoms with Gasteiger partial charge in [0.05, 0.1) is 36.3 Å². The number of halogens is 3. The van der Waals surface area contributed by atoms with Crippen molar-refractivity contribution < 1.29 is 31.5 Å². The summed E-state index contributed by atoms with van der Waals surface area (Å²) >= 11 is 0. The number of ether oxygens (including phenoxy) is 1. The number of hydrogen-bond acceptors (Lipinski definition) is 9. The molecule has 0 spiro atoms. The lowest BCUT2D eigenvalue weighted by molar-refractivity contribution is -0.130. The molecule has 2 aromatic rings. The zero-order chi connectivity index (χ0) is 24.5. The smallest absolute Gasteiger partial charge is 0.375 e. The van der Waals surface area contributed by atoms with Gasteiger partial charge in [0, 0.05) is 25.3 Å². The van der Waals surface area contributed by atoms with Crippen molar-refractivity contribution in [2.45, 2.75) is 63.4 Å². The van der Waals surface area contributed by atoms with Crippen molar-refractivity contribution in [3.63, 3.8) is 0 Å². The first kappa shape index (κ1) is 24.9. The van der Waals surface area contributed by atoms with Crippen molar-refractivity contribution in [2.24, 2.45) is 0 Å². The van der Waals surface area contributed by atoms with E-state index < -0.39 is 34.4 Å². The third-order valence-electron chi connectivity index (χ3n) is 6.07. The molecule has 1 atom stereocenters. The lowest BCUT2D eigenvalue weighted by Gasteiger charge is -2.33. The van der Waals surface area contributed by atoms with Crippen LogP contribution in [0.3, 0.4) is 0 Å². The number of anilines is 2. The van der Waals surface area contributed by atoms with E-state index in [-0.39, 0.29) is 18.1 Å². The third-order valence-corrected chi connectivity index (χ3v) is 7.51. The highest BCUT2D eigenvalue weighted by molar-refractivity contribution is 7.89. The molecule has 11 nitrogen and oxygen atoms in total. The summed E-state index contributed by atoms with van der Waals surface area (Å²) in [4.78, 5) is 10.8. The van der Waals surface area contributed by atoms with E-state index in [1.165, 1.54) is 0 Å². The minimum Gasteiger partial charge on any atom is -0.375 e. The van der Waals surface area contributed by atoms with Gasteiger partial charge in [0.25, 0.3) is 5.95 Å². The molecule has 190 valence electrons. The first-order valence-electron chi connectivity index (χ1n) is 11.1. The molecule has 0 bridgehead atoms. The second-order valence-corrected chi connectivity index (χ2v) is 10.6. The predicted molar refractivity (Wildman–Crippen MR) is 117 cm³/mol. The minimum atomic E-state index is -4.53. The Morgan fingerprint density at radius 1 is 1.32 bits per heavy atom. The van der Waals surface area contributed by atoms with Crippen LogP contribution in [-0.2, 0) is 14.8 Å². The maximum atomic E-state index is 12.3. The summed E-state index contributed by atoms with van der Waals surface area (Å²) in [7, 11) is -4.03. The highest BCUT2D eigenvalue weighted by atomic mass is 32.2. The van der Waals surface area contributed by atoms with Crippen molar-refractivity contribution in [3.05, 3.63) is 6.20 Å². The zero-order valence-electron chi connectivity index (χ0n) is 18.6. The average Bonchev–Trinajstić information content (AvgIpc) is 3.20. The van der Waals surface area contributed by atoms with Crippen LogP contribution in [0.5, 0.6) is 0 Å². The molecule has 1 saturated heterocycles. The van der Waals surface area contributed by atoms with Crippen LogP contribution in [0.1, 0.15) is 39.0 Å². The number of aromatic nitrogens is 4. The fourth-order valence-corrected chi connectivity index (χ4v) is 5.68. The van der Waals surface area contributed by atoms with Gasteiger partial charge in [-0.15, -0.1) is 0 Å². The van der Waals surface area contributed by atoms with Crippen molar-refractivity contribution in [3.8, 4) is 0 Å². The molecule has 0 amide bonds. The van der Waals surface area contributed by atoms with E-state index in [1.54, 1.807) is 6.20 Å². The quantitative estimate of drug-likeness (QED) is 0.480. The molecular formula is C19H28F3N7O4S. The third kappa shape index (κ3) is 6.06. The predicted octanol–water partition coefficient (Wildman–Crippen LogP) is 1.96. The van der Waals surface area contributed by atoms with Crippen LogP contribution in [-0.4, -0.2) is 83.6 Å². The number of hydrogen-bond donors (Lipinski definition) is 3. The molecule has 15 heteroatoms. The highest BCUT2D eigenvalue weighted by Gasteiger charge is 2.33. The van der Waals surface area contributed by atoms with E-state index in [2.05, 4.69) is 29.8 Å². The number of hydroxylamine groups is 1. The Kier molecular flexibility index (Phi) is 7.17. The van der Waals surface area contributed by atoms with Crippen LogP contribution in [0.25, 0.3) is 11.0 Å². The van der Waals surface area contributed by atoms with Crippen LogP contribution in [0.4, 0.5) is 24.9 Å². The Labute approximate surface area is 194 Å². The molecule has 0 aromatic carbocycles.